The van der Waals surface area contributed by atoms with E-state index in [1.165, 1.54) is 4.90 Å². The Bertz CT molecular complexity index is 1270. The summed E-state index contributed by atoms with van der Waals surface area (Å²) in [5, 5.41) is 2.20. The lowest BCUT2D eigenvalue weighted by molar-refractivity contribution is -0.126. The summed E-state index contributed by atoms with van der Waals surface area (Å²) in [6.45, 7) is 5.08. The van der Waals surface area contributed by atoms with Gasteiger partial charge >= 0.3 is 0 Å². The molecule has 3 aromatic rings. The fourth-order valence-electron chi connectivity index (χ4n) is 4.82. The van der Waals surface area contributed by atoms with Crippen molar-refractivity contribution in [3.63, 3.8) is 0 Å². The van der Waals surface area contributed by atoms with E-state index in [1.54, 1.807) is 29.3 Å². The Balaban J connectivity index is 1.55. The molecule has 3 aromatic carbocycles. The molecule has 0 spiro atoms. The predicted octanol–water partition coefficient (Wildman–Crippen LogP) is 5.97. The van der Waals surface area contributed by atoms with Crippen molar-refractivity contribution >= 4 is 34.8 Å². The molecule has 0 aliphatic carbocycles. The fraction of sp³-hybridized carbons (Fsp3) is 0.310. The van der Waals surface area contributed by atoms with Gasteiger partial charge < -0.3 is 9.47 Å². The van der Waals surface area contributed by atoms with E-state index in [0.29, 0.717) is 35.4 Å². The molecule has 0 N–H and O–H groups in total. The molecule has 3 atom stereocenters. The third-order valence-corrected chi connectivity index (χ3v) is 6.83. The number of unbranched alkanes of at least 4 members (excludes halogenated alkanes) is 1. The van der Waals surface area contributed by atoms with Gasteiger partial charge in [-0.25, -0.2) is 9.96 Å². The molecule has 2 fully saturated rings. The standard InChI is InChI=1S/C29H29ClN2O5/c1-3-5-17-36-23-16-11-19(18-24(23)35-4-2)26-25-27(37-32(26)22-9-7-6-8-10-22)29(34)31(28(25)33)21-14-12-20(30)13-15-21/h6-16,18,25-27H,3-5,17H2,1-2H3/t25-,26-,27-/m1/s1. The van der Waals surface area contributed by atoms with Crippen LogP contribution in [0.3, 0.4) is 0 Å². The van der Waals surface area contributed by atoms with Crippen LogP contribution in [0.5, 0.6) is 11.5 Å². The number of amides is 2. The highest BCUT2D eigenvalue weighted by Crippen LogP contribution is 2.48. The third-order valence-electron chi connectivity index (χ3n) is 6.58. The van der Waals surface area contributed by atoms with Crippen molar-refractivity contribution < 1.29 is 23.9 Å². The smallest absolute Gasteiger partial charge is 0.266 e. The number of rotatable bonds is 9. The van der Waals surface area contributed by atoms with E-state index in [2.05, 4.69) is 6.92 Å². The third kappa shape index (κ3) is 4.77. The number of anilines is 2. The van der Waals surface area contributed by atoms with E-state index >= 15 is 0 Å². The SMILES string of the molecule is CCCCOc1ccc([C@@H]2[C@H]3C(=O)N(c4ccc(Cl)cc4)C(=O)[C@@H]3ON2c2ccccc2)cc1OCC. The van der Waals surface area contributed by atoms with Crippen molar-refractivity contribution in [3.8, 4) is 11.5 Å². The number of hydroxylamine groups is 1. The Morgan fingerprint density at radius 2 is 1.62 bits per heavy atom. The number of para-hydroxylation sites is 1. The molecule has 8 heteroatoms. The van der Waals surface area contributed by atoms with Crippen LogP contribution < -0.4 is 19.4 Å². The summed E-state index contributed by atoms with van der Waals surface area (Å²) < 4.78 is 11.9. The summed E-state index contributed by atoms with van der Waals surface area (Å²) in [6, 6.07) is 21.2. The van der Waals surface area contributed by atoms with Gasteiger partial charge in [0.25, 0.3) is 5.91 Å². The highest BCUT2D eigenvalue weighted by Gasteiger charge is 2.60. The fourth-order valence-corrected chi connectivity index (χ4v) is 4.95. The van der Waals surface area contributed by atoms with Crippen molar-refractivity contribution in [2.24, 2.45) is 5.92 Å². The number of carbonyl (C=O) groups excluding carboxylic acids is 2. The molecule has 2 amide bonds. The van der Waals surface area contributed by atoms with E-state index in [-0.39, 0.29) is 5.91 Å². The molecule has 0 saturated carbocycles. The van der Waals surface area contributed by atoms with Gasteiger partial charge in [-0.3, -0.25) is 14.4 Å². The largest absolute Gasteiger partial charge is 0.490 e. The van der Waals surface area contributed by atoms with E-state index in [1.807, 2.05) is 55.5 Å². The monoisotopic (exact) mass is 520 g/mol. The molecular weight excluding hydrogens is 492 g/mol. The molecule has 2 aliphatic rings. The lowest BCUT2D eigenvalue weighted by atomic mass is 9.90. The van der Waals surface area contributed by atoms with Crippen LogP contribution in [-0.2, 0) is 14.4 Å². The van der Waals surface area contributed by atoms with E-state index < -0.39 is 24.0 Å². The van der Waals surface area contributed by atoms with Crippen LogP contribution in [0.1, 0.15) is 38.3 Å². The van der Waals surface area contributed by atoms with Crippen molar-refractivity contribution in [1.29, 1.82) is 0 Å². The Labute approximate surface area is 221 Å². The normalized spacial score (nSPS) is 20.9. The maximum absolute atomic E-state index is 13.8. The first-order valence-corrected chi connectivity index (χ1v) is 12.9. The summed E-state index contributed by atoms with van der Waals surface area (Å²) in [4.78, 5) is 34.7. The summed E-state index contributed by atoms with van der Waals surface area (Å²) in [5.41, 5.74) is 2.01. The lowest BCUT2D eigenvalue weighted by Crippen LogP contribution is -2.37. The minimum absolute atomic E-state index is 0.318. The van der Waals surface area contributed by atoms with Crippen molar-refractivity contribution in [2.45, 2.75) is 38.8 Å². The second-order valence-electron chi connectivity index (χ2n) is 8.99. The van der Waals surface area contributed by atoms with Crippen molar-refractivity contribution in [2.75, 3.05) is 23.2 Å². The maximum atomic E-state index is 13.8. The Morgan fingerprint density at radius 1 is 0.865 bits per heavy atom. The first kappa shape index (κ1) is 25.1. The number of ether oxygens (including phenoxy) is 2. The quantitative estimate of drug-likeness (QED) is 0.256. The average Bonchev–Trinajstić information content (AvgIpc) is 3.42. The zero-order valence-corrected chi connectivity index (χ0v) is 21.6. The van der Waals surface area contributed by atoms with Gasteiger partial charge in [0.1, 0.15) is 5.92 Å². The second-order valence-corrected chi connectivity index (χ2v) is 9.42. The van der Waals surface area contributed by atoms with Crippen molar-refractivity contribution in [1.82, 2.24) is 0 Å². The van der Waals surface area contributed by atoms with Gasteiger partial charge in [-0.05, 0) is 67.4 Å². The molecule has 5 rings (SSSR count). The van der Waals surface area contributed by atoms with E-state index in [4.69, 9.17) is 25.9 Å². The molecule has 192 valence electrons. The predicted molar refractivity (Wildman–Crippen MR) is 142 cm³/mol. The lowest BCUT2D eigenvalue weighted by Gasteiger charge is -2.29. The average molecular weight is 521 g/mol. The molecule has 0 unspecified atom stereocenters. The molecular formula is C29H29ClN2O5. The molecule has 2 heterocycles. The van der Waals surface area contributed by atoms with Gasteiger partial charge in [-0.15, -0.1) is 0 Å². The van der Waals surface area contributed by atoms with Gasteiger partial charge in [0.2, 0.25) is 5.91 Å². The Kier molecular flexibility index (Phi) is 7.35. The highest BCUT2D eigenvalue weighted by atomic mass is 35.5. The van der Waals surface area contributed by atoms with E-state index in [0.717, 1.165) is 24.1 Å². The zero-order chi connectivity index (χ0) is 25.9. The maximum Gasteiger partial charge on any atom is 0.266 e. The van der Waals surface area contributed by atoms with E-state index in [9.17, 15) is 9.59 Å². The van der Waals surface area contributed by atoms with Crippen LogP contribution in [0.4, 0.5) is 11.4 Å². The number of benzene rings is 3. The van der Waals surface area contributed by atoms with Gasteiger partial charge in [0, 0.05) is 5.02 Å². The number of imide groups is 1. The number of hydrogen-bond donors (Lipinski definition) is 0. The van der Waals surface area contributed by atoms with Crippen LogP contribution in [0.15, 0.2) is 72.8 Å². The first-order chi connectivity index (χ1) is 18.0. The van der Waals surface area contributed by atoms with Crippen molar-refractivity contribution in [3.05, 3.63) is 83.4 Å². The number of halogens is 1. The summed E-state index contributed by atoms with van der Waals surface area (Å²) >= 11 is 6.03. The van der Waals surface area contributed by atoms with Gasteiger partial charge in [-0.2, -0.15) is 0 Å². The van der Waals surface area contributed by atoms with Crippen LogP contribution in [0.2, 0.25) is 5.02 Å². The first-order valence-electron chi connectivity index (χ1n) is 12.6. The minimum atomic E-state index is -0.954. The molecule has 37 heavy (non-hydrogen) atoms. The number of nitrogens with zero attached hydrogens (tertiary/aromatic N) is 2. The summed E-state index contributed by atoms with van der Waals surface area (Å²) in [7, 11) is 0. The van der Waals surface area contributed by atoms with Crippen LogP contribution >= 0.6 is 11.6 Å². The summed E-state index contributed by atoms with van der Waals surface area (Å²) in [6.07, 6.45) is 1.01. The van der Waals surface area contributed by atoms with Crippen LogP contribution in [0.25, 0.3) is 0 Å². The van der Waals surface area contributed by atoms with Crippen LogP contribution in [0, 0.1) is 5.92 Å². The second kappa shape index (κ2) is 10.8. The van der Waals surface area contributed by atoms with Gasteiger partial charge in [0.05, 0.1) is 30.6 Å². The molecule has 0 radical (unpaired) electrons. The van der Waals surface area contributed by atoms with Crippen LogP contribution in [-0.4, -0.2) is 31.1 Å². The minimum Gasteiger partial charge on any atom is -0.490 e. The number of carbonyl (C=O) groups is 2. The summed E-state index contributed by atoms with van der Waals surface area (Å²) in [5.74, 6) is -0.215. The molecule has 2 aliphatic heterocycles. The topological polar surface area (TPSA) is 68.3 Å². The molecule has 0 bridgehead atoms. The van der Waals surface area contributed by atoms with Gasteiger partial charge in [0.15, 0.2) is 17.6 Å². The number of fused-ring (bicyclic) bond motifs is 1. The highest BCUT2D eigenvalue weighted by molar-refractivity contribution is 6.31. The Hall–Kier alpha value is -3.55. The molecule has 2 saturated heterocycles. The zero-order valence-electron chi connectivity index (χ0n) is 20.8. The number of hydrogen-bond acceptors (Lipinski definition) is 6. The molecule has 7 nitrogen and oxygen atoms in total. The Morgan fingerprint density at radius 3 is 2.32 bits per heavy atom. The molecule has 0 aromatic heterocycles. The van der Waals surface area contributed by atoms with Gasteiger partial charge in [-0.1, -0.05) is 49.2 Å².